The van der Waals surface area contributed by atoms with Crippen molar-refractivity contribution in [2.24, 2.45) is 5.41 Å². The van der Waals surface area contributed by atoms with Crippen molar-refractivity contribution in [1.82, 2.24) is 4.90 Å². The fourth-order valence-corrected chi connectivity index (χ4v) is 4.17. The van der Waals surface area contributed by atoms with Crippen LogP contribution in [0.5, 0.6) is 11.5 Å². The van der Waals surface area contributed by atoms with Crippen LogP contribution in [0, 0.1) is 17.3 Å². The van der Waals surface area contributed by atoms with E-state index in [0.717, 1.165) is 11.1 Å². The van der Waals surface area contributed by atoms with Gasteiger partial charge in [0.05, 0.1) is 13.2 Å². The molecule has 0 spiro atoms. The topological polar surface area (TPSA) is 85.3 Å². The second kappa shape index (κ2) is 11.1. The van der Waals surface area contributed by atoms with Crippen LogP contribution in [0.1, 0.15) is 37.8 Å². The summed E-state index contributed by atoms with van der Waals surface area (Å²) >= 11 is 0. The Morgan fingerprint density at radius 1 is 1.21 bits per heavy atom. The minimum absolute atomic E-state index is 0.155. The molecule has 1 N–H and O–H groups in total. The highest BCUT2D eigenvalue weighted by Gasteiger charge is 2.48. The molecular formula is C27H31NO6. The van der Waals surface area contributed by atoms with Gasteiger partial charge in [-0.3, -0.25) is 9.59 Å². The first-order chi connectivity index (χ1) is 16.2. The van der Waals surface area contributed by atoms with E-state index in [4.69, 9.17) is 14.2 Å². The monoisotopic (exact) mass is 465 g/mol. The number of amides is 1. The number of hydrogen-bond donors (Lipinski definition) is 1. The van der Waals surface area contributed by atoms with E-state index in [1.165, 1.54) is 6.92 Å². The molecule has 3 atom stereocenters. The maximum atomic E-state index is 12.6. The first kappa shape index (κ1) is 25.1. The van der Waals surface area contributed by atoms with E-state index in [1.807, 2.05) is 55.5 Å². The van der Waals surface area contributed by atoms with E-state index in [0.29, 0.717) is 24.6 Å². The summed E-state index contributed by atoms with van der Waals surface area (Å²) in [6.07, 6.45) is -0.674. The zero-order valence-corrected chi connectivity index (χ0v) is 20.0. The number of aliphatic hydroxyl groups is 1. The van der Waals surface area contributed by atoms with Gasteiger partial charge in [-0.15, -0.1) is 0 Å². The number of ether oxygens (including phenoxy) is 3. The minimum Gasteiger partial charge on any atom is -0.493 e. The molecular weight excluding hydrogens is 434 g/mol. The van der Waals surface area contributed by atoms with Crippen LogP contribution in [0.25, 0.3) is 0 Å². The molecule has 3 rings (SSSR count). The number of aliphatic hydroxyl groups excluding tert-OH is 1. The number of methoxy groups -OCH3 is 1. The average molecular weight is 466 g/mol. The highest BCUT2D eigenvalue weighted by atomic mass is 16.5. The third-order valence-electron chi connectivity index (χ3n) is 6.33. The minimum atomic E-state index is -0.674. The molecule has 0 unspecified atom stereocenters. The van der Waals surface area contributed by atoms with Gasteiger partial charge in [0.25, 0.3) is 5.91 Å². The van der Waals surface area contributed by atoms with Crippen LogP contribution in [0.3, 0.4) is 0 Å². The lowest BCUT2D eigenvalue weighted by molar-refractivity contribution is -0.150. The molecule has 1 aliphatic rings. The van der Waals surface area contributed by atoms with Crippen molar-refractivity contribution < 1.29 is 28.9 Å². The van der Waals surface area contributed by atoms with Gasteiger partial charge in [0, 0.05) is 36.9 Å². The Morgan fingerprint density at radius 3 is 2.59 bits per heavy atom. The lowest BCUT2D eigenvalue weighted by Crippen LogP contribution is -2.39. The van der Waals surface area contributed by atoms with Gasteiger partial charge in [-0.2, -0.15) is 0 Å². The van der Waals surface area contributed by atoms with Crippen LogP contribution in [0.2, 0.25) is 0 Å². The molecule has 7 heteroatoms. The Kier molecular flexibility index (Phi) is 8.19. The van der Waals surface area contributed by atoms with Crippen LogP contribution >= 0.6 is 0 Å². The molecule has 2 aromatic rings. The van der Waals surface area contributed by atoms with Crippen molar-refractivity contribution >= 4 is 11.9 Å². The molecule has 0 radical (unpaired) electrons. The summed E-state index contributed by atoms with van der Waals surface area (Å²) in [5.41, 5.74) is 1.23. The second-order valence-electron chi connectivity index (χ2n) is 8.66. The molecule has 34 heavy (non-hydrogen) atoms. The third kappa shape index (κ3) is 5.89. The Hall–Kier alpha value is -3.50. The van der Waals surface area contributed by atoms with Crippen LogP contribution < -0.4 is 9.47 Å². The average Bonchev–Trinajstić information content (AvgIpc) is 3.20. The van der Waals surface area contributed by atoms with E-state index in [1.54, 1.807) is 18.9 Å². The molecule has 1 saturated heterocycles. The van der Waals surface area contributed by atoms with Crippen molar-refractivity contribution in [3.05, 3.63) is 59.7 Å². The van der Waals surface area contributed by atoms with Crippen LogP contribution in [0.4, 0.5) is 0 Å². The maximum Gasteiger partial charge on any atom is 0.303 e. The van der Waals surface area contributed by atoms with Gasteiger partial charge in [0.15, 0.2) is 18.1 Å². The SMILES string of the molecule is COc1ccc([C@@H]2CN(C(=O)COC(C)=O)C[C@@]2(C)[C@@H](C)O)cc1OCC#Cc1ccccc1. The van der Waals surface area contributed by atoms with Crippen molar-refractivity contribution in [3.63, 3.8) is 0 Å². The first-order valence-corrected chi connectivity index (χ1v) is 11.2. The Labute approximate surface area is 200 Å². The Bertz CT molecular complexity index is 1070. The number of benzene rings is 2. The van der Waals surface area contributed by atoms with Crippen molar-refractivity contribution in [3.8, 4) is 23.3 Å². The summed E-state index contributed by atoms with van der Waals surface area (Å²) in [6.45, 7) is 5.56. The molecule has 7 nitrogen and oxygen atoms in total. The highest BCUT2D eigenvalue weighted by Crippen LogP contribution is 2.46. The van der Waals surface area contributed by atoms with E-state index in [2.05, 4.69) is 11.8 Å². The van der Waals surface area contributed by atoms with E-state index < -0.39 is 17.5 Å². The molecule has 0 aromatic heterocycles. The number of rotatable bonds is 7. The van der Waals surface area contributed by atoms with E-state index in [-0.39, 0.29) is 25.0 Å². The molecule has 0 aliphatic carbocycles. The predicted molar refractivity (Wildman–Crippen MR) is 128 cm³/mol. The smallest absolute Gasteiger partial charge is 0.303 e. The second-order valence-corrected chi connectivity index (χ2v) is 8.66. The number of carbonyl (C=O) groups is 2. The zero-order valence-electron chi connectivity index (χ0n) is 20.0. The number of likely N-dealkylation sites (tertiary alicyclic amines) is 1. The van der Waals surface area contributed by atoms with Gasteiger partial charge in [-0.25, -0.2) is 0 Å². The van der Waals surface area contributed by atoms with Gasteiger partial charge in [0.1, 0.15) is 6.61 Å². The van der Waals surface area contributed by atoms with Gasteiger partial charge < -0.3 is 24.2 Å². The van der Waals surface area contributed by atoms with Crippen molar-refractivity contribution in [2.75, 3.05) is 33.4 Å². The normalized spacial score (nSPS) is 20.1. The number of hydrogen-bond acceptors (Lipinski definition) is 6. The molecule has 1 aliphatic heterocycles. The van der Waals surface area contributed by atoms with Gasteiger partial charge >= 0.3 is 5.97 Å². The van der Waals surface area contributed by atoms with Gasteiger partial charge in [0.2, 0.25) is 0 Å². The lowest BCUT2D eigenvalue weighted by atomic mass is 9.72. The number of nitrogens with zero attached hydrogens (tertiary/aromatic N) is 1. The largest absolute Gasteiger partial charge is 0.493 e. The van der Waals surface area contributed by atoms with Crippen LogP contribution in [-0.2, 0) is 14.3 Å². The Morgan fingerprint density at radius 2 is 1.94 bits per heavy atom. The quantitative estimate of drug-likeness (QED) is 0.500. The van der Waals surface area contributed by atoms with Crippen molar-refractivity contribution in [2.45, 2.75) is 32.8 Å². The molecule has 0 saturated carbocycles. The molecule has 2 aromatic carbocycles. The van der Waals surface area contributed by atoms with Crippen molar-refractivity contribution in [1.29, 1.82) is 0 Å². The third-order valence-corrected chi connectivity index (χ3v) is 6.33. The summed E-state index contributed by atoms with van der Waals surface area (Å²) < 4.78 is 16.3. The lowest BCUT2D eigenvalue weighted by Gasteiger charge is -2.33. The summed E-state index contributed by atoms with van der Waals surface area (Å²) in [6, 6.07) is 15.3. The fraction of sp³-hybridized carbons (Fsp3) is 0.407. The van der Waals surface area contributed by atoms with Gasteiger partial charge in [-0.05, 0) is 36.8 Å². The molecule has 1 heterocycles. The standard InChI is InChI=1S/C27H31NO6/c1-19(29)27(3)18-28(26(31)17-34-20(2)30)16-23(27)22-12-13-24(32-4)25(15-22)33-14-8-11-21-9-6-5-7-10-21/h5-7,9-10,12-13,15,19,23,29H,14,16-18H2,1-4H3/t19-,23+,27+/m1/s1. The fourth-order valence-electron chi connectivity index (χ4n) is 4.17. The Balaban J connectivity index is 1.80. The summed E-state index contributed by atoms with van der Waals surface area (Å²) in [5.74, 6) is 6.24. The maximum absolute atomic E-state index is 12.6. The summed E-state index contributed by atoms with van der Waals surface area (Å²) in [4.78, 5) is 25.3. The zero-order chi connectivity index (χ0) is 24.7. The van der Waals surface area contributed by atoms with Crippen LogP contribution in [-0.4, -0.2) is 61.4 Å². The van der Waals surface area contributed by atoms with E-state index in [9.17, 15) is 14.7 Å². The van der Waals surface area contributed by atoms with Gasteiger partial charge in [-0.1, -0.05) is 43.0 Å². The first-order valence-electron chi connectivity index (χ1n) is 11.2. The molecule has 1 amide bonds. The number of esters is 1. The molecule has 1 fully saturated rings. The molecule has 180 valence electrons. The van der Waals surface area contributed by atoms with Crippen LogP contribution in [0.15, 0.2) is 48.5 Å². The predicted octanol–water partition coefficient (Wildman–Crippen LogP) is 3.00. The van der Waals surface area contributed by atoms with E-state index >= 15 is 0 Å². The highest BCUT2D eigenvalue weighted by molar-refractivity contribution is 5.80. The summed E-state index contributed by atoms with van der Waals surface area (Å²) in [5, 5.41) is 10.6. The molecule has 0 bridgehead atoms. The number of carbonyl (C=O) groups excluding carboxylic acids is 2. The summed E-state index contributed by atoms with van der Waals surface area (Å²) in [7, 11) is 1.57.